The molecule has 0 bridgehead atoms. The first-order valence-corrected chi connectivity index (χ1v) is 5.22. The number of nitrogens with two attached hydrogens (primary N) is 1. The Labute approximate surface area is 97.8 Å². The smallest absolute Gasteiger partial charge is 0.198 e. The lowest BCUT2D eigenvalue weighted by Gasteiger charge is -2.11. The van der Waals surface area contributed by atoms with Crippen molar-refractivity contribution in [3.05, 3.63) is 58.3 Å². The first-order valence-electron chi connectivity index (χ1n) is 4.84. The second-order valence-corrected chi connectivity index (χ2v) is 3.98. The number of aryl methyl sites for hydroxylation is 1. The predicted octanol–water partition coefficient (Wildman–Crippen LogP) is 3.43. The molecule has 1 atom stereocenters. The summed E-state index contributed by atoms with van der Waals surface area (Å²) in [6.07, 6.45) is 1.48. The van der Waals surface area contributed by atoms with E-state index in [9.17, 15) is 4.39 Å². The van der Waals surface area contributed by atoms with Crippen LogP contribution in [0.3, 0.4) is 0 Å². The van der Waals surface area contributed by atoms with E-state index in [4.69, 9.17) is 21.8 Å². The van der Waals surface area contributed by atoms with Gasteiger partial charge in [-0.1, -0.05) is 12.1 Å². The van der Waals surface area contributed by atoms with Gasteiger partial charge in [0.05, 0.1) is 12.3 Å². The Balaban J connectivity index is 2.38. The van der Waals surface area contributed by atoms with Gasteiger partial charge in [0.25, 0.3) is 0 Å². The van der Waals surface area contributed by atoms with Gasteiger partial charge in [-0.15, -0.1) is 0 Å². The molecule has 0 aliphatic heterocycles. The van der Waals surface area contributed by atoms with Gasteiger partial charge in [-0.2, -0.15) is 0 Å². The standard InChI is InChI=1S/C12H11ClFNO/c1-7-6-8(2-3-10(7)14)11(15)9-4-5-16-12(9)13/h2-6,11H,15H2,1H3. The largest absolute Gasteiger partial charge is 0.453 e. The van der Waals surface area contributed by atoms with Crippen molar-refractivity contribution in [1.82, 2.24) is 0 Å². The van der Waals surface area contributed by atoms with Gasteiger partial charge in [-0.25, -0.2) is 4.39 Å². The molecule has 16 heavy (non-hydrogen) atoms. The van der Waals surface area contributed by atoms with E-state index in [1.165, 1.54) is 12.3 Å². The normalized spacial score (nSPS) is 12.8. The summed E-state index contributed by atoms with van der Waals surface area (Å²) in [7, 11) is 0. The summed E-state index contributed by atoms with van der Waals surface area (Å²) in [6.45, 7) is 1.70. The Hall–Kier alpha value is -1.32. The monoisotopic (exact) mass is 239 g/mol. The summed E-state index contributed by atoms with van der Waals surface area (Å²) in [4.78, 5) is 0. The molecule has 2 aromatic rings. The molecule has 1 heterocycles. The topological polar surface area (TPSA) is 39.2 Å². The maximum absolute atomic E-state index is 13.1. The highest BCUT2D eigenvalue weighted by Gasteiger charge is 2.15. The van der Waals surface area contributed by atoms with Crippen molar-refractivity contribution in [1.29, 1.82) is 0 Å². The molecule has 0 saturated carbocycles. The molecule has 0 aliphatic carbocycles. The van der Waals surface area contributed by atoms with Crippen molar-refractivity contribution in [2.75, 3.05) is 0 Å². The van der Waals surface area contributed by atoms with Crippen LogP contribution in [0, 0.1) is 12.7 Å². The lowest BCUT2D eigenvalue weighted by atomic mass is 10.0. The molecule has 0 fully saturated rings. The predicted molar refractivity (Wildman–Crippen MR) is 60.9 cm³/mol. The Kier molecular flexibility index (Phi) is 2.99. The molecule has 1 aromatic carbocycles. The van der Waals surface area contributed by atoms with Crippen molar-refractivity contribution in [2.24, 2.45) is 5.73 Å². The van der Waals surface area contributed by atoms with Crippen LogP contribution in [0.5, 0.6) is 0 Å². The van der Waals surface area contributed by atoms with E-state index >= 15 is 0 Å². The number of hydrogen-bond acceptors (Lipinski definition) is 2. The van der Waals surface area contributed by atoms with Crippen LogP contribution >= 0.6 is 11.6 Å². The molecule has 4 heteroatoms. The summed E-state index contributed by atoms with van der Waals surface area (Å²) in [5, 5.41) is 0.273. The molecule has 0 amide bonds. The average molecular weight is 240 g/mol. The quantitative estimate of drug-likeness (QED) is 0.872. The van der Waals surface area contributed by atoms with E-state index in [2.05, 4.69) is 0 Å². The van der Waals surface area contributed by atoms with Gasteiger partial charge in [0.15, 0.2) is 5.22 Å². The summed E-state index contributed by atoms with van der Waals surface area (Å²) >= 11 is 5.83. The Morgan fingerprint density at radius 1 is 1.38 bits per heavy atom. The van der Waals surface area contributed by atoms with E-state index in [1.54, 1.807) is 25.1 Å². The molecule has 2 rings (SSSR count). The molecule has 0 radical (unpaired) electrons. The van der Waals surface area contributed by atoms with Gasteiger partial charge in [0, 0.05) is 5.56 Å². The minimum atomic E-state index is -0.398. The third kappa shape index (κ3) is 1.96. The first-order chi connectivity index (χ1) is 7.59. The SMILES string of the molecule is Cc1cc(C(N)c2ccoc2Cl)ccc1F. The molecule has 0 spiro atoms. The highest BCUT2D eigenvalue weighted by Crippen LogP contribution is 2.28. The van der Waals surface area contributed by atoms with Gasteiger partial charge in [-0.05, 0) is 41.8 Å². The molecular formula is C12H11ClFNO. The van der Waals surface area contributed by atoms with Crippen LogP contribution in [-0.2, 0) is 0 Å². The van der Waals surface area contributed by atoms with Crippen molar-refractivity contribution in [3.8, 4) is 0 Å². The second kappa shape index (κ2) is 4.28. The average Bonchev–Trinajstić information content (AvgIpc) is 2.67. The molecule has 1 unspecified atom stereocenters. The lowest BCUT2D eigenvalue weighted by molar-refractivity contribution is 0.564. The molecule has 2 N–H and O–H groups in total. The number of halogens is 2. The summed E-state index contributed by atoms with van der Waals surface area (Å²) in [6, 6.07) is 6.08. The van der Waals surface area contributed by atoms with E-state index in [1.807, 2.05) is 0 Å². The fraction of sp³-hybridized carbons (Fsp3) is 0.167. The van der Waals surface area contributed by atoms with Crippen LogP contribution in [0.15, 0.2) is 34.9 Å². The zero-order valence-electron chi connectivity index (χ0n) is 8.71. The van der Waals surface area contributed by atoms with E-state index < -0.39 is 6.04 Å². The molecule has 2 nitrogen and oxygen atoms in total. The number of hydrogen-bond donors (Lipinski definition) is 1. The van der Waals surface area contributed by atoms with Crippen molar-refractivity contribution in [2.45, 2.75) is 13.0 Å². The van der Waals surface area contributed by atoms with Gasteiger partial charge in [0.2, 0.25) is 0 Å². The third-order valence-corrected chi connectivity index (χ3v) is 2.83. The van der Waals surface area contributed by atoms with Crippen molar-refractivity contribution >= 4 is 11.6 Å². The zero-order valence-corrected chi connectivity index (χ0v) is 9.46. The summed E-state index contributed by atoms with van der Waals surface area (Å²) < 4.78 is 18.1. The number of furan rings is 1. The summed E-state index contributed by atoms with van der Waals surface area (Å²) in [5.74, 6) is -0.241. The van der Waals surface area contributed by atoms with Crippen LogP contribution in [0.4, 0.5) is 4.39 Å². The number of benzene rings is 1. The Morgan fingerprint density at radius 2 is 2.12 bits per heavy atom. The third-order valence-electron chi connectivity index (χ3n) is 2.52. The fourth-order valence-corrected chi connectivity index (χ4v) is 1.80. The van der Waals surface area contributed by atoms with Gasteiger partial charge >= 0.3 is 0 Å². The van der Waals surface area contributed by atoms with Crippen molar-refractivity contribution in [3.63, 3.8) is 0 Å². The van der Waals surface area contributed by atoms with Crippen LogP contribution in [0.2, 0.25) is 5.22 Å². The maximum Gasteiger partial charge on any atom is 0.198 e. The minimum absolute atomic E-state index is 0.241. The molecule has 0 aliphatic rings. The van der Waals surface area contributed by atoms with E-state index in [0.717, 1.165) is 5.56 Å². The van der Waals surface area contributed by atoms with Gasteiger partial charge in [-0.3, -0.25) is 0 Å². The Morgan fingerprint density at radius 3 is 2.69 bits per heavy atom. The lowest BCUT2D eigenvalue weighted by Crippen LogP contribution is -2.11. The van der Waals surface area contributed by atoms with Crippen molar-refractivity contribution < 1.29 is 8.81 Å². The summed E-state index contributed by atoms with van der Waals surface area (Å²) in [5.41, 5.74) is 8.09. The van der Waals surface area contributed by atoms with Crippen LogP contribution < -0.4 is 5.73 Å². The van der Waals surface area contributed by atoms with E-state index in [-0.39, 0.29) is 11.0 Å². The number of rotatable bonds is 2. The molecule has 1 aromatic heterocycles. The molecule has 84 valence electrons. The van der Waals surface area contributed by atoms with E-state index in [0.29, 0.717) is 11.1 Å². The van der Waals surface area contributed by atoms with Crippen LogP contribution in [0.25, 0.3) is 0 Å². The second-order valence-electron chi connectivity index (χ2n) is 3.64. The highest BCUT2D eigenvalue weighted by atomic mass is 35.5. The maximum atomic E-state index is 13.1. The van der Waals surface area contributed by atoms with Crippen LogP contribution in [0.1, 0.15) is 22.7 Å². The van der Waals surface area contributed by atoms with Crippen LogP contribution in [-0.4, -0.2) is 0 Å². The van der Waals surface area contributed by atoms with Gasteiger partial charge in [0.1, 0.15) is 5.82 Å². The zero-order chi connectivity index (χ0) is 11.7. The molecule has 0 saturated heterocycles. The van der Waals surface area contributed by atoms with Gasteiger partial charge < -0.3 is 10.2 Å². The Bertz CT molecular complexity index is 509. The highest BCUT2D eigenvalue weighted by molar-refractivity contribution is 6.29. The fourth-order valence-electron chi connectivity index (χ4n) is 1.57. The minimum Gasteiger partial charge on any atom is -0.453 e. The molecular weight excluding hydrogens is 229 g/mol. The first kappa shape index (κ1) is 11.2.